The van der Waals surface area contributed by atoms with E-state index in [-0.39, 0.29) is 5.69 Å². The molecule has 0 saturated heterocycles. The van der Waals surface area contributed by atoms with Gasteiger partial charge in [-0.1, -0.05) is 18.2 Å². The number of benzene rings is 1. The van der Waals surface area contributed by atoms with Crippen LogP contribution < -0.4 is 5.43 Å². The van der Waals surface area contributed by atoms with Crippen molar-refractivity contribution in [2.75, 3.05) is 0 Å². The summed E-state index contributed by atoms with van der Waals surface area (Å²) in [4.78, 5) is 15.4. The van der Waals surface area contributed by atoms with Gasteiger partial charge in [0.25, 0.3) is 5.91 Å². The van der Waals surface area contributed by atoms with E-state index in [9.17, 15) is 18.0 Å². The number of hydrazone groups is 1. The number of carbonyl (C=O) groups excluding carboxylic acids is 1. The third-order valence-corrected chi connectivity index (χ3v) is 2.52. The molecule has 0 aliphatic rings. The maximum atomic E-state index is 12.4. The second-order valence-electron chi connectivity index (χ2n) is 4.03. The van der Waals surface area contributed by atoms with E-state index in [0.29, 0.717) is 5.56 Å². The van der Waals surface area contributed by atoms with Crippen molar-refractivity contribution in [3.8, 4) is 0 Å². The lowest BCUT2D eigenvalue weighted by molar-refractivity contribution is -0.137. The van der Waals surface area contributed by atoms with Gasteiger partial charge in [0.1, 0.15) is 5.69 Å². The highest BCUT2D eigenvalue weighted by molar-refractivity contribution is 5.93. The topological polar surface area (TPSA) is 54.4 Å². The standard InChI is InChI=1S/C14H10F3N3O/c15-14(16,17)11-6-4-10(5-7-11)9-19-20-13(21)12-3-1-2-8-18-12/h1-9H,(H,20,21)/b19-9-. The predicted molar refractivity (Wildman–Crippen MR) is 70.7 cm³/mol. The number of halogens is 3. The summed E-state index contributed by atoms with van der Waals surface area (Å²) in [7, 11) is 0. The molecule has 0 spiro atoms. The molecule has 0 aliphatic carbocycles. The van der Waals surface area contributed by atoms with Crippen LogP contribution in [0.3, 0.4) is 0 Å². The number of amides is 1. The van der Waals surface area contributed by atoms with Crippen LogP contribution in [-0.2, 0) is 6.18 Å². The summed E-state index contributed by atoms with van der Waals surface area (Å²) in [6, 6.07) is 9.26. The van der Waals surface area contributed by atoms with Gasteiger partial charge in [-0.2, -0.15) is 18.3 Å². The average molecular weight is 293 g/mol. The minimum absolute atomic E-state index is 0.196. The van der Waals surface area contributed by atoms with Crippen LogP contribution in [0, 0.1) is 0 Å². The van der Waals surface area contributed by atoms with Crippen molar-refractivity contribution >= 4 is 12.1 Å². The van der Waals surface area contributed by atoms with Gasteiger partial charge in [-0.15, -0.1) is 0 Å². The van der Waals surface area contributed by atoms with Crippen LogP contribution in [0.15, 0.2) is 53.8 Å². The Hall–Kier alpha value is -2.70. The molecule has 0 radical (unpaired) electrons. The molecule has 7 heteroatoms. The zero-order valence-corrected chi connectivity index (χ0v) is 10.6. The summed E-state index contributed by atoms with van der Waals surface area (Å²) >= 11 is 0. The second-order valence-corrected chi connectivity index (χ2v) is 4.03. The molecule has 108 valence electrons. The summed E-state index contributed by atoms with van der Waals surface area (Å²) in [5.74, 6) is -0.501. The molecule has 21 heavy (non-hydrogen) atoms. The summed E-state index contributed by atoms with van der Waals surface area (Å²) in [6.45, 7) is 0. The molecule has 4 nitrogen and oxygen atoms in total. The summed E-state index contributed by atoms with van der Waals surface area (Å²) in [5.41, 5.74) is 2.13. The van der Waals surface area contributed by atoms with Gasteiger partial charge in [0.2, 0.25) is 0 Å². The smallest absolute Gasteiger partial charge is 0.266 e. The number of carbonyl (C=O) groups is 1. The lowest BCUT2D eigenvalue weighted by Gasteiger charge is -2.05. The third kappa shape index (κ3) is 4.13. The van der Waals surface area contributed by atoms with Crippen molar-refractivity contribution in [3.63, 3.8) is 0 Å². The second kappa shape index (κ2) is 6.17. The first-order chi connectivity index (χ1) is 9.97. The van der Waals surface area contributed by atoms with Gasteiger partial charge in [0.15, 0.2) is 0 Å². The Bertz CT molecular complexity index is 637. The van der Waals surface area contributed by atoms with E-state index in [4.69, 9.17) is 0 Å². The Kier molecular flexibility index (Phi) is 4.32. The number of pyridine rings is 1. The van der Waals surface area contributed by atoms with Gasteiger partial charge >= 0.3 is 6.18 Å². The van der Waals surface area contributed by atoms with E-state index in [1.165, 1.54) is 30.6 Å². The fraction of sp³-hybridized carbons (Fsp3) is 0.0714. The van der Waals surface area contributed by atoms with E-state index in [1.807, 2.05) is 0 Å². The molecule has 1 N–H and O–H groups in total. The summed E-state index contributed by atoms with van der Waals surface area (Å²) < 4.78 is 37.1. The van der Waals surface area contributed by atoms with E-state index >= 15 is 0 Å². The van der Waals surface area contributed by atoms with Gasteiger partial charge < -0.3 is 0 Å². The number of aromatic nitrogens is 1. The Labute approximate surface area is 118 Å². The first kappa shape index (κ1) is 14.7. The SMILES string of the molecule is O=C(N/N=C\c1ccc(C(F)(F)F)cc1)c1ccccn1. The number of alkyl halides is 3. The van der Waals surface area contributed by atoms with Gasteiger partial charge in [0, 0.05) is 6.20 Å². The highest BCUT2D eigenvalue weighted by Crippen LogP contribution is 2.28. The molecule has 1 aromatic heterocycles. The van der Waals surface area contributed by atoms with E-state index in [1.54, 1.807) is 12.1 Å². The fourth-order valence-corrected chi connectivity index (χ4v) is 1.48. The molecular formula is C14H10F3N3O. The quantitative estimate of drug-likeness (QED) is 0.699. The van der Waals surface area contributed by atoms with Crippen molar-refractivity contribution in [1.82, 2.24) is 10.4 Å². The van der Waals surface area contributed by atoms with E-state index in [0.717, 1.165) is 12.1 Å². The van der Waals surface area contributed by atoms with Gasteiger partial charge in [0.05, 0.1) is 11.8 Å². The molecule has 2 rings (SSSR count). The molecule has 1 amide bonds. The zero-order valence-electron chi connectivity index (χ0n) is 10.6. The maximum Gasteiger partial charge on any atom is 0.416 e. The Morgan fingerprint density at radius 3 is 2.43 bits per heavy atom. The molecule has 0 bridgehead atoms. The Balaban J connectivity index is 1.97. The van der Waals surface area contributed by atoms with E-state index < -0.39 is 17.6 Å². The lowest BCUT2D eigenvalue weighted by atomic mass is 10.1. The molecule has 0 atom stereocenters. The molecule has 0 aliphatic heterocycles. The molecular weight excluding hydrogens is 283 g/mol. The van der Waals surface area contributed by atoms with Crippen LogP contribution in [0.2, 0.25) is 0 Å². The number of nitrogens with zero attached hydrogens (tertiary/aromatic N) is 2. The highest BCUT2D eigenvalue weighted by Gasteiger charge is 2.29. The molecule has 0 fully saturated rings. The van der Waals surface area contributed by atoms with Crippen LogP contribution in [0.4, 0.5) is 13.2 Å². The molecule has 2 aromatic rings. The monoisotopic (exact) mass is 293 g/mol. The van der Waals surface area contributed by atoms with E-state index in [2.05, 4.69) is 15.5 Å². The van der Waals surface area contributed by atoms with Crippen molar-refractivity contribution in [3.05, 3.63) is 65.5 Å². The van der Waals surface area contributed by atoms with Crippen LogP contribution in [0.25, 0.3) is 0 Å². The number of nitrogens with one attached hydrogen (secondary N) is 1. The number of hydrogen-bond acceptors (Lipinski definition) is 3. The summed E-state index contributed by atoms with van der Waals surface area (Å²) in [5, 5.41) is 3.66. The predicted octanol–water partition coefficient (Wildman–Crippen LogP) is 2.86. The largest absolute Gasteiger partial charge is 0.416 e. The first-order valence-corrected chi connectivity index (χ1v) is 5.88. The number of hydrogen-bond donors (Lipinski definition) is 1. The van der Waals surface area contributed by atoms with Crippen molar-refractivity contribution < 1.29 is 18.0 Å². The molecule has 1 aromatic carbocycles. The molecule has 0 unspecified atom stereocenters. The minimum Gasteiger partial charge on any atom is -0.266 e. The lowest BCUT2D eigenvalue weighted by Crippen LogP contribution is -2.18. The normalized spacial score (nSPS) is 11.6. The molecule has 1 heterocycles. The Morgan fingerprint density at radius 2 is 1.86 bits per heavy atom. The number of rotatable bonds is 3. The highest BCUT2D eigenvalue weighted by atomic mass is 19.4. The average Bonchev–Trinajstić information content (AvgIpc) is 2.47. The summed E-state index contributed by atoms with van der Waals surface area (Å²) in [6.07, 6.45) is -1.65. The zero-order chi connectivity index (χ0) is 15.3. The van der Waals surface area contributed by atoms with Crippen LogP contribution in [-0.4, -0.2) is 17.1 Å². The molecule has 0 saturated carbocycles. The van der Waals surface area contributed by atoms with Gasteiger partial charge in [-0.05, 0) is 29.8 Å². The first-order valence-electron chi connectivity index (χ1n) is 5.88. The van der Waals surface area contributed by atoms with Gasteiger partial charge in [-0.3, -0.25) is 9.78 Å². The van der Waals surface area contributed by atoms with Crippen LogP contribution in [0.5, 0.6) is 0 Å². The van der Waals surface area contributed by atoms with Crippen LogP contribution >= 0.6 is 0 Å². The minimum atomic E-state index is -4.37. The van der Waals surface area contributed by atoms with Crippen molar-refractivity contribution in [2.45, 2.75) is 6.18 Å². The van der Waals surface area contributed by atoms with Crippen LogP contribution in [0.1, 0.15) is 21.6 Å². The third-order valence-electron chi connectivity index (χ3n) is 2.52. The maximum absolute atomic E-state index is 12.4. The van der Waals surface area contributed by atoms with Crippen molar-refractivity contribution in [1.29, 1.82) is 0 Å². The van der Waals surface area contributed by atoms with Gasteiger partial charge in [-0.25, -0.2) is 5.43 Å². The Morgan fingerprint density at radius 1 is 1.14 bits per heavy atom. The van der Waals surface area contributed by atoms with Crippen molar-refractivity contribution in [2.24, 2.45) is 5.10 Å². The fourth-order valence-electron chi connectivity index (χ4n) is 1.48.